The average molecular weight is 276 g/mol. The number of aliphatic hydroxyl groups excluding tert-OH is 1. The smallest absolute Gasteiger partial charge is 0.242 e. The number of halogens is 1. The van der Waals surface area contributed by atoms with Crippen LogP contribution >= 0.6 is 0 Å². The number of rotatable bonds is 5. The predicted octanol–water partition coefficient (Wildman–Crippen LogP) is 0.703. The van der Waals surface area contributed by atoms with E-state index in [2.05, 4.69) is 4.72 Å². The first-order chi connectivity index (χ1) is 8.27. The molecular formula is C11H17FN2O3S. The van der Waals surface area contributed by atoms with Gasteiger partial charge in [-0.15, -0.1) is 0 Å². The van der Waals surface area contributed by atoms with Crippen LogP contribution in [0, 0.1) is 11.7 Å². The Balaban J connectivity index is 3.06. The first-order valence-corrected chi connectivity index (χ1v) is 6.94. The first kappa shape index (κ1) is 14.9. The van der Waals surface area contributed by atoms with Crippen LogP contribution in [0.25, 0.3) is 0 Å². The van der Waals surface area contributed by atoms with Crippen molar-refractivity contribution in [2.75, 3.05) is 12.3 Å². The Kier molecular flexibility index (Phi) is 4.66. The number of nitrogens with two attached hydrogens (primary N) is 1. The lowest BCUT2D eigenvalue weighted by Gasteiger charge is -2.20. The molecule has 0 heterocycles. The van der Waals surface area contributed by atoms with Gasteiger partial charge in [0.1, 0.15) is 10.7 Å². The van der Waals surface area contributed by atoms with E-state index in [1.807, 2.05) is 0 Å². The van der Waals surface area contributed by atoms with Gasteiger partial charge in [0.05, 0.1) is 12.3 Å². The van der Waals surface area contributed by atoms with Crippen LogP contribution in [0.5, 0.6) is 0 Å². The normalized spacial score (nSPS) is 13.8. The fraction of sp³-hybridized carbons (Fsp3) is 0.455. The van der Waals surface area contributed by atoms with Crippen molar-refractivity contribution in [1.82, 2.24) is 4.72 Å². The molecule has 1 rings (SSSR count). The van der Waals surface area contributed by atoms with Gasteiger partial charge in [0, 0.05) is 6.04 Å². The van der Waals surface area contributed by atoms with Crippen molar-refractivity contribution in [2.24, 2.45) is 5.92 Å². The van der Waals surface area contributed by atoms with Crippen LogP contribution < -0.4 is 10.5 Å². The number of nitrogen functional groups attached to an aromatic ring is 1. The van der Waals surface area contributed by atoms with E-state index in [0.717, 1.165) is 18.2 Å². The third-order valence-electron chi connectivity index (χ3n) is 2.57. The minimum atomic E-state index is -3.87. The van der Waals surface area contributed by atoms with Crippen molar-refractivity contribution in [3.05, 3.63) is 24.0 Å². The number of sulfonamides is 1. The van der Waals surface area contributed by atoms with E-state index in [1.54, 1.807) is 13.8 Å². The summed E-state index contributed by atoms with van der Waals surface area (Å²) in [6.45, 7) is 3.23. The third kappa shape index (κ3) is 3.41. The van der Waals surface area contributed by atoms with Crippen molar-refractivity contribution in [3.63, 3.8) is 0 Å². The van der Waals surface area contributed by atoms with Gasteiger partial charge >= 0.3 is 0 Å². The van der Waals surface area contributed by atoms with E-state index in [4.69, 9.17) is 10.8 Å². The summed E-state index contributed by atoms with van der Waals surface area (Å²) in [7, 11) is -3.87. The second-order valence-corrected chi connectivity index (χ2v) is 6.02. The molecule has 0 radical (unpaired) electrons. The van der Waals surface area contributed by atoms with Gasteiger partial charge in [-0.2, -0.15) is 0 Å². The molecule has 102 valence electrons. The molecule has 1 aromatic carbocycles. The fourth-order valence-corrected chi connectivity index (χ4v) is 2.90. The molecule has 0 aliphatic rings. The van der Waals surface area contributed by atoms with Gasteiger partial charge in [0.15, 0.2) is 0 Å². The topological polar surface area (TPSA) is 92.4 Å². The number of nitrogens with one attached hydrogen (secondary N) is 1. The standard InChI is InChI=1S/C11H17FN2O3S/c1-7(2)10(6-15)14-18(16,17)11-4-3-8(12)5-9(11)13/h3-5,7,10,14-15H,6,13H2,1-2H3. The van der Waals surface area contributed by atoms with Gasteiger partial charge in [-0.05, 0) is 24.1 Å². The summed E-state index contributed by atoms with van der Waals surface area (Å²) in [6.07, 6.45) is 0. The zero-order valence-electron chi connectivity index (χ0n) is 10.2. The maximum Gasteiger partial charge on any atom is 0.242 e. The zero-order valence-corrected chi connectivity index (χ0v) is 11.0. The van der Waals surface area contributed by atoms with Crippen molar-refractivity contribution in [3.8, 4) is 0 Å². The second-order valence-electron chi connectivity index (χ2n) is 4.34. The minimum absolute atomic E-state index is 0.0774. The van der Waals surface area contributed by atoms with Crippen LogP contribution in [0.1, 0.15) is 13.8 Å². The van der Waals surface area contributed by atoms with Crippen LogP contribution in [-0.4, -0.2) is 26.2 Å². The van der Waals surface area contributed by atoms with Crippen molar-refractivity contribution < 1.29 is 17.9 Å². The highest BCUT2D eigenvalue weighted by atomic mass is 32.2. The lowest BCUT2D eigenvalue weighted by Crippen LogP contribution is -2.41. The van der Waals surface area contributed by atoms with Gasteiger partial charge in [-0.3, -0.25) is 0 Å². The Morgan fingerprint density at radius 2 is 2.06 bits per heavy atom. The second kappa shape index (κ2) is 5.64. The monoisotopic (exact) mass is 276 g/mol. The Bertz CT molecular complexity index is 517. The molecule has 7 heteroatoms. The molecule has 0 saturated heterocycles. The zero-order chi connectivity index (χ0) is 13.9. The molecule has 0 aromatic heterocycles. The molecule has 0 spiro atoms. The molecule has 0 amide bonds. The van der Waals surface area contributed by atoms with E-state index in [-0.39, 0.29) is 23.1 Å². The number of hydrogen-bond donors (Lipinski definition) is 3. The van der Waals surface area contributed by atoms with E-state index < -0.39 is 21.9 Å². The molecule has 5 nitrogen and oxygen atoms in total. The SMILES string of the molecule is CC(C)C(CO)NS(=O)(=O)c1ccc(F)cc1N. The Hall–Kier alpha value is -1.18. The molecule has 4 N–H and O–H groups in total. The van der Waals surface area contributed by atoms with Crippen LogP contribution in [0.2, 0.25) is 0 Å². The summed E-state index contributed by atoms with van der Waals surface area (Å²) in [4.78, 5) is -0.192. The van der Waals surface area contributed by atoms with Crippen LogP contribution in [0.15, 0.2) is 23.1 Å². The van der Waals surface area contributed by atoms with Crippen molar-refractivity contribution >= 4 is 15.7 Å². The lowest BCUT2D eigenvalue weighted by atomic mass is 10.1. The van der Waals surface area contributed by atoms with Crippen LogP contribution in [-0.2, 0) is 10.0 Å². The van der Waals surface area contributed by atoms with E-state index >= 15 is 0 Å². The molecule has 0 aliphatic carbocycles. The number of anilines is 1. The van der Waals surface area contributed by atoms with Gasteiger partial charge in [-0.1, -0.05) is 13.8 Å². The molecule has 1 aromatic rings. The minimum Gasteiger partial charge on any atom is -0.398 e. The molecular weight excluding hydrogens is 259 g/mol. The van der Waals surface area contributed by atoms with Crippen molar-refractivity contribution in [1.29, 1.82) is 0 Å². The van der Waals surface area contributed by atoms with Gasteiger partial charge in [-0.25, -0.2) is 17.5 Å². The maximum atomic E-state index is 12.9. The fourth-order valence-electron chi connectivity index (χ4n) is 1.41. The van der Waals surface area contributed by atoms with E-state index in [0.29, 0.717) is 0 Å². The largest absolute Gasteiger partial charge is 0.398 e. The van der Waals surface area contributed by atoms with Gasteiger partial charge < -0.3 is 10.8 Å². The highest BCUT2D eigenvalue weighted by molar-refractivity contribution is 7.89. The average Bonchev–Trinajstić information content (AvgIpc) is 2.24. The Labute approximate surface area is 106 Å². The highest BCUT2D eigenvalue weighted by Crippen LogP contribution is 2.20. The van der Waals surface area contributed by atoms with Crippen molar-refractivity contribution in [2.45, 2.75) is 24.8 Å². The lowest BCUT2D eigenvalue weighted by molar-refractivity contribution is 0.227. The van der Waals surface area contributed by atoms with Gasteiger partial charge in [0.25, 0.3) is 0 Å². The molecule has 1 unspecified atom stereocenters. The van der Waals surface area contributed by atoms with Crippen LogP contribution in [0.3, 0.4) is 0 Å². The molecule has 1 atom stereocenters. The predicted molar refractivity (Wildman–Crippen MR) is 66.8 cm³/mol. The summed E-state index contributed by atoms with van der Waals surface area (Å²) in [5, 5.41) is 9.10. The third-order valence-corrected chi connectivity index (χ3v) is 4.13. The summed E-state index contributed by atoms with van der Waals surface area (Å²) < 4.78 is 39.2. The Morgan fingerprint density at radius 3 is 2.50 bits per heavy atom. The molecule has 0 aliphatic heterocycles. The molecule has 18 heavy (non-hydrogen) atoms. The maximum absolute atomic E-state index is 12.9. The van der Waals surface area contributed by atoms with Crippen LogP contribution in [0.4, 0.5) is 10.1 Å². The van der Waals surface area contributed by atoms with Gasteiger partial charge in [0.2, 0.25) is 10.0 Å². The molecule has 0 bridgehead atoms. The summed E-state index contributed by atoms with van der Waals surface area (Å²) in [6, 6.07) is 2.45. The van der Waals surface area contributed by atoms with E-state index in [9.17, 15) is 12.8 Å². The first-order valence-electron chi connectivity index (χ1n) is 5.46. The highest BCUT2D eigenvalue weighted by Gasteiger charge is 2.23. The Morgan fingerprint density at radius 1 is 1.44 bits per heavy atom. The van der Waals surface area contributed by atoms with E-state index in [1.165, 1.54) is 0 Å². The number of benzene rings is 1. The number of hydrogen-bond acceptors (Lipinski definition) is 4. The molecule has 0 fully saturated rings. The quantitative estimate of drug-likeness (QED) is 0.690. The number of aliphatic hydroxyl groups is 1. The summed E-state index contributed by atoms with van der Waals surface area (Å²) in [5.41, 5.74) is 5.32. The summed E-state index contributed by atoms with van der Waals surface area (Å²) in [5.74, 6) is -0.680. The molecule has 0 saturated carbocycles. The summed E-state index contributed by atoms with van der Waals surface area (Å²) >= 11 is 0.